The minimum absolute atomic E-state index is 0.172. The predicted octanol–water partition coefficient (Wildman–Crippen LogP) is 2.88. The van der Waals surface area contributed by atoms with Crippen LogP contribution in [0.1, 0.15) is 43.3 Å². The van der Waals surface area contributed by atoms with Gasteiger partial charge in [0.1, 0.15) is 0 Å². The number of aromatic nitrogens is 2. The van der Waals surface area contributed by atoms with Gasteiger partial charge in [0.05, 0.1) is 4.83 Å². The van der Waals surface area contributed by atoms with Crippen molar-refractivity contribution < 1.29 is 9.15 Å². The Balaban J connectivity index is 2.33. The average Bonchev–Trinajstić information content (AvgIpc) is 2.72. The highest BCUT2D eigenvalue weighted by molar-refractivity contribution is 9.09. The molecule has 0 bridgehead atoms. The fourth-order valence-corrected chi connectivity index (χ4v) is 1.32. The Morgan fingerprint density at radius 2 is 2.20 bits per heavy atom. The average molecular weight is 277 g/mol. The molecule has 0 saturated heterocycles. The molecule has 0 N–H and O–H groups in total. The maximum absolute atomic E-state index is 5.49. The summed E-state index contributed by atoms with van der Waals surface area (Å²) < 4.78 is 10.7. The summed E-state index contributed by atoms with van der Waals surface area (Å²) >= 11 is 3.47. The van der Waals surface area contributed by atoms with E-state index < -0.39 is 0 Å². The van der Waals surface area contributed by atoms with E-state index in [-0.39, 0.29) is 4.83 Å². The van der Waals surface area contributed by atoms with Crippen LogP contribution in [0.15, 0.2) is 4.42 Å². The fourth-order valence-electron chi connectivity index (χ4n) is 1.14. The number of nitrogens with zero attached hydrogens (tertiary/aromatic N) is 2. The van der Waals surface area contributed by atoms with Crippen LogP contribution in [-0.4, -0.2) is 23.4 Å². The van der Waals surface area contributed by atoms with E-state index in [1.807, 2.05) is 6.92 Å². The van der Waals surface area contributed by atoms with Crippen molar-refractivity contribution in [2.45, 2.75) is 37.9 Å². The molecule has 0 fully saturated rings. The molecule has 0 aromatic carbocycles. The SMILES string of the molecule is CCOCCCc1nnc(C(Br)CC)o1. The minimum atomic E-state index is 0.172. The summed E-state index contributed by atoms with van der Waals surface area (Å²) in [5.41, 5.74) is 0. The number of aryl methyl sites for hydroxylation is 1. The largest absolute Gasteiger partial charge is 0.424 e. The first kappa shape index (κ1) is 12.6. The first-order valence-corrected chi connectivity index (χ1v) is 6.23. The number of rotatable bonds is 7. The summed E-state index contributed by atoms with van der Waals surface area (Å²) in [6, 6.07) is 0. The lowest BCUT2D eigenvalue weighted by Gasteiger charge is -1.99. The topological polar surface area (TPSA) is 48.2 Å². The van der Waals surface area contributed by atoms with Crippen LogP contribution in [0.4, 0.5) is 0 Å². The molecular weight excluding hydrogens is 260 g/mol. The molecule has 1 unspecified atom stereocenters. The molecule has 4 nitrogen and oxygen atoms in total. The van der Waals surface area contributed by atoms with E-state index in [2.05, 4.69) is 33.1 Å². The van der Waals surface area contributed by atoms with Crippen LogP contribution in [0.5, 0.6) is 0 Å². The van der Waals surface area contributed by atoms with Crippen molar-refractivity contribution in [3.63, 3.8) is 0 Å². The number of alkyl halides is 1. The molecule has 86 valence electrons. The molecular formula is C10H17BrN2O2. The van der Waals surface area contributed by atoms with Gasteiger partial charge < -0.3 is 9.15 Å². The van der Waals surface area contributed by atoms with E-state index in [0.29, 0.717) is 11.8 Å². The molecule has 1 rings (SSSR count). The summed E-state index contributed by atoms with van der Waals surface area (Å²) in [6.45, 7) is 5.56. The number of hydrogen-bond acceptors (Lipinski definition) is 4. The van der Waals surface area contributed by atoms with E-state index in [9.17, 15) is 0 Å². The number of halogens is 1. The van der Waals surface area contributed by atoms with E-state index in [4.69, 9.17) is 9.15 Å². The van der Waals surface area contributed by atoms with Crippen molar-refractivity contribution in [1.29, 1.82) is 0 Å². The Kier molecular flexibility index (Phi) is 5.86. The van der Waals surface area contributed by atoms with Gasteiger partial charge >= 0.3 is 0 Å². The Morgan fingerprint density at radius 3 is 2.87 bits per heavy atom. The number of ether oxygens (including phenoxy) is 1. The zero-order valence-electron chi connectivity index (χ0n) is 9.20. The van der Waals surface area contributed by atoms with Crippen molar-refractivity contribution in [2.24, 2.45) is 0 Å². The van der Waals surface area contributed by atoms with Gasteiger partial charge in [0.15, 0.2) is 0 Å². The van der Waals surface area contributed by atoms with Crippen molar-refractivity contribution in [3.8, 4) is 0 Å². The van der Waals surface area contributed by atoms with Crippen LogP contribution >= 0.6 is 15.9 Å². The highest BCUT2D eigenvalue weighted by Crippen LogP contribution is 2.24. The van der Waals surface area contributed by atoms with E-state index in [0.717, 1.165) is 32.5 Å². The van der Waals surface area contributed by atoms with Crippen LogP contribution in [0.2, 0.25) is 0 Å². The Labute approximate surface area is 98.5 Å². The molecule has 0 aliphatic rings. The first-order valence-electron chi connectivity index (χ1n) is 5.32. The third-order valence-electron chi connectivity index (χ3n) is 1.99. The Morgan fingerprint density at radius 1 is 1.40 bits per heavy atom. The summed E-state index contributed by atoms with van der Waals surface area (Å²) in [5.74, 6) is 1.37. The summed E-state index contributed by atoms with van der Waals surface area (Å²) in [5, 5.41) is 7.96. The van der Waals surface area contributed by atoms with Gasteiger partial charge in [0.25, 0.3) is 0 Å². The maximum atomic E-state index is 5.49. The molecule has 0 aliphatic carbocycles. The standard InChI is InChI=1S/C10H17BrN2O2/c1-3-8(11)10-13-12-9(15-10)6-5-7-14-4-2/h8H,3-7H2,1-2H3. The van der Waals surface area contributed by atoms with Crippen LogP contribution in [0.3, 0.4) is 0 Å². The van der Waals surface area contributed by atoms with Gasteiger partial charge in [-0.15, -0.1) is 10.2 Å². The normalized spacial score (nSPS) is 13.0. The first-order chi connectivity index (χ1) is 7.27. The third-order valence-corrected chi connectivity index (χ3v) is 3.03. The van der Waals surface area contributed by atoms with Crippen LogP contribution in [0, 0.1) is 0 Å². The third kappa shape index (κ3) is 4.30. The van der Waals surface area contributed by atoms with Crippen LogP contribution in [-0.2, 0) is 11.2 Å². The van der Waals surface area contributed by atoms with Gasteiger partial charge in [-0.05, 0) is 19.8 Å². The van der Waals surface area contributed by atoms with Gasteiger partial charge in [0.2, 0.25) is 11.8 Å². The van der Waals surface area contributed by atoms with Gasteiger partial charge in [-0.25, -0.2) is 0 Å². The molecule has 1 atom stereocenters. The van der Waals surface area contributed by atoms with Crippen molar-refractivity contribution in [1.82, 2.24) is 10.2 Å². The van der Waals surface area contributed by atoms with Gasteiger partial charge in [0, 0.05) is 19.6 Å². The van der Waals surface area contributed by atoms with Gasteiger partial charge in [-0.3, -0.25) is 0 Å². The van der Waals surface area contributed by atoms with E-state index >= 15 is 0 Å². The predicted molar refractivity (Wildman–Crippen MR) is 61.1 cm³/mol. The van der Waals surface area contributed by atoms with Crippen LogP contribution < -0.4 is 0 Å². The second-order valence-corrected chi connectivity index (χ2v) is 4.32. The van der Waals surface area contributed by atoms with Gasteiger partial charge in [-0.2, -0.15) is 0 Å². The molecule has 0 aliphatic heterocycles. The van der Waals surface area contributed by atoms with Crippen LogP contribution in [0.25, 0.3) is 0 Å². The minimum Gasteiger partial charge on any atom is -0.424 e. The monoisotopic (exact) mass is 276 g/mol. The Hall–Kier alpha value is -0.420. The quantitative estimate of drug-likeness (QED) is 0.568. The van der Waals surface area contributed by atoms with Crippen molar-refractivity contribution in [3.05, 3.63) is 11.8 Å². The lowest BCUT2D eigenvalue weighted by atomic mass is 10.3. The molecule has 1 heterocycles. The fraction of sp³-hybridized carbons (Fsp3) is 0.800. The second kappa shape index (κ2) is 6.95. The second-order valence-electron chi connectivity index (χ2n) is 3.21. The lowest BCUT2D eigenvalue weighted by Crippen LogP contribution is -1.95. The van der Waals surface area contributed by atoms with E-state index in [1.165, 1.54) is 0 Å². The highest BCUT2D eigenvalue weighted by Gasteiger charge is 2.12. The summed E-state index contributed by atoms with van der Waals surface area (Å²) in [6.07, 6.45) is 2.66. The summed E-state index contributed by atoms with van der Waals surface area (Å²) in [7, 11) is 0. The maximum Gasteiger partial charge on any atom is 0.230 e. The zero-order valence-corrected chi connectivity index (χ0v) is 10.8. The molecule has 15 heavy (non-hydrogen) atoms. The lowest BCUT2D eigenvalue weighted by molar-refractivity contribution is 0.143. The molecule has 0 amide bonds. The van der Waals surface area contributed by atoms with E-state index in [1.54, 1.807) is 0 Å². The molecule has 0 saturated carbocycles. The van der Waals surface area contributed by atoms with Gasteiger partial charge in [-0.1, -0.05) is 22.9 Å². The molecule has 5 heteroatoms. The molecule has 0 radical (unpaired) electrons. The molecule has 0 spiro atoms. The highest BCUT2D eigenvalue weighted by atomic mass is 79.9. The molecule has 1 aromatic rings. The number of hydrogen-bond donors (Lipinski definition) is 0. The van der Waals surface area contributed by atoms with Crippen molar-refractivity contribution in [2.75, 3.05) is 13.2 Å². The van der Waals surface area contributed by atoms with Crippen molar-refractivity contribution >= 4 is 15.9 Å². The zero-order chi connectivity index (χ0) is 11.1. The molecule has 1 aromatic heterocycles. The summed E-state index contributed by atoms with van der Waals surface area (Å²) in [4.78, 5) is 0.172. The Bertz CT molecular complexity index is 278. The smallest absolute Gasteiger partial charge is 0.230 e.